The van der Waals surface area contributed by atoms with E-state index < -0.39 is 13.9 Å². The Hall–Kier alpha value is -0.813. The van der Waals surface area contributed by atoms with Crippen LogP contribution in [0.1, 0.15) is 80.1 Å². The Kier molecular flexibility index (Phi) is 8.61. The molecular formula is C22H43NO3Si. The van der Waals surface area contributed by atoms with Crippen LogP contribution < -0.4 is 5.32 Å². The highest BCUT2D eigenvalue weighted by molar-refractivity contribution is 6.74. The van der Waals surface area contributed by atoms with Gasteiger partial charge in [-0.05, 0) is 51.2 Å². The fourth-order valence-corrected chi connectivity index (χ4v) is 4.62. The highest BCUT2D eigenvalue weighted by Gasteiger charge is 2.41. The van der Waals surface area contributed by atoms with Gasteiger partial charge >= 0.3 is 6.09 Å². The first-order valence-corrected chi connectivity index (χ1v) is 13.5. The summed E-state index contributed by atoms with van der Waals surface area (Å²) in [5.41, 5.74) is -0.510. The Labute approximate surface area is 168 Å². The minimum absolute atomic E-state index is 0.102. The van der Waals surface area contributed by atoms with E-state index in [9.17, 15) is 4.79 Å². The van der Waals surface area contributed by atoms with E-state index in [2.05, 4.69) is 45.8 Å². The van der Waals surface area contributed by atoms with Crippen LogP contribution in [0.15, 0.2) is 12.7 Å². The standard InChI is InChI=1S/C22H43NO3Si/c1-10-19(26-27(8,9)22(5,6)7)18(16-17-14-12-11-13-15-17)23-20(24)25-21(2,3)4/h10,17-19H,1,11-16H2,2-9H3,(H,23,24). The molecule has 158 valence electrons. The van der Waals surface area contributed by atoms with Crippen LogP contribution in [0.5, 0.6) is 0 Å². The smallest absolute Gasteiger partial charge is 0.407 e. The van der Waals surface area contributed by atoms with Gasteiger partial charge in [-0.1, -0.05) is 59.0 Å². The zero-order chi connectivity index (χ0) is 20.9. The maximum absolute atomic E-state index is 12.5. The molecule has 2 unspecified atom stereocenters. The molecule has 1 aliphatic rings. The van der Waals surface area contributed by atoms with Crippen molar-refractivity contribution in [1.29, 1.82) is 0 Å². The van der Waals surface area contributed by atoms with Gasteiger partial charge in [0.1, 0.15) is 5.60 Å². The summed E-state index contributed by atoms with van der Waals surface area (Å²) in [6, 6.07) is -0.102. The third kappa shape index (κ3) is 8.38. The van der Waals surface area contributed by atoms with Crippen molar-refractivity contribution in [1.82, 2.24) is 5.32 Å². The highest BCUT2D eigenvalue weighted by Crippen LogP contribution is 2.38. The largest absolute Gasteiger partial charge is 0.444 e. The van der Waals surface area contributed by atoms with Crippen molar-refractivity contribution < 1.29 is 14.0 Å². The van der Waals surface area contributed by atoms with E-state index in [1.165, 1.54) is 32.1 Å². The summed E-state index contributed by atoms with van der Waals surface area (Å²) in [6.45, 7) is 20.9. The molecular weight excluding hydrogens is 354 g/mol. The Morgan fingerprint density at radius 2 is 1.70 bits per heavy atom. The van der Waals surface area contributed by atoms with Crippen LogP contribution in [0.4, 0.5) is 4.79 Å². The molecule has 27 heavy (non-hydrogen) atoms. The Balaban J connectivity index is 2.94. The fourth-order valence-electron chi connectivity index (χ4n) is 3.33. The molecule has 0 aromatic heterocycles. The molecule has 0 saturated heterocycles. The van der Waals surface area contributed by atoms with Gasteiger partial charge in [0.2, 0.25) is 0 Å². The molecule has 0 spiro atoms. The van der Waals surface area contributed by atoms with Crippen molar-refractivity contribution >= 4 is 14.4 Å². The van der Waals surface area contributed by atoms with Crippen molar-refractivity contribution in [3.05, 3.63) is 12.7 Å². The summed E-state index contributed by atoms with van der Waals surface area (Å²) >= 11 is 0. The fraction of sp³-hybridized carbons (Fsp3) is 0.864. The van der Waals surface area contributed by atoms with Crippen LogP contribution in [0, 0.1) is 5.92 Å². The molecule has 0 radical (unpaired) electrons. The molecule has 1 rings (SSSR count). The lowest BCUT2D eigenvalue weighted by molar-refractivity contribution is 0.0441. The van der Waals surface area contributed by atoms with Gasteiger partial charge < -0.3 is 14.5 Å². The van der Waals surface area contributed by atoms with E-state index in [1.54, 1.807) is 0 Å². The first-order chi connectivity index (χ1) is 12.2. The van der Waals surface area contributed by atoms with Gasteiger partial charge in [-0.15, -0.1) is 6.58 Å². The average molecular weight is 398 g/mol. The molecule has 4 nitrogen and oxygen atoms in total. The Bertz CT molecular complexity index is 485. The monoisotopic (exact) mass is 397 g/mol. The number of hydrogen-bond acceptors (Lipinski definition) is 3. The van der Waals surface area contributed by atoms with Crippen LogP contribution >= 0.6 is 0 Å². The summed E-state index contributed by atoms with van der Waals surface area (Å²) in [6.07, 6.45) is 8.58. The van der Waals surface area contributed by atoms with E-state index in [-0.39, 0.29) is 23.3 Å². The maximum atomic E-state index is 12.5. The van der Waals surface area contributed by atoms with E-state index >= 15 is 0 Å². The molecule has 1 N–H and O–H groups in total. The van der Waals surface area contributed by atoms with Crippen LogP contribution in [0.3, 0.4) is 0 Å². The van der Waals surface area contributed by atoms with Crippen molar-refractivity contribution in [3.63, 3.8) is 0 Å². The lowest BCUT2D eigenvalue weighted by Gasteiger charge is -2.41. The summed E-state index contributed by atoms with van der Waals surface area (Å²) in [7, 11) is -1.98. The summed E-state index contributed by atoms with van der Waals surface area (Å²) in [4.78, 5) is 12.5. The van der Waals surface area contributed by atoms with Crippen molar-refractivity contribution in [3.8, 4) is 0 Å². The van der Waals surface area contributed by atoms with E-state index in [0.717, 1.165) is 6.42 Å². The summed E-state index contributed by atoms with van der Waals surface area (Å²) in [5, 5.41) is 3.22. The molecule has 0 aliphatic heterocycles. The van der Waals surface area contributed by atoms with Crippen molar-refractivity contribution in [2.75, 3.05) is 0 Å². The predicted octanol–water partition coefficient (Wildman–Crippen LogP) is 6.43. The zero-order valence-corrected chi connectivity index (χ0v) is 20.0. The van der Waals surface area contributed by atoms with Gasteiger partial charge in [-0.3, -0.25) is 0 Å². The number of amides is 1. The lowest BCUT2D eigenvalue weighted by Crippen LogP contribution is -2.52. The van der Waals surface area contributed by atoms with Gasteiger partial charge in [0.15, 0.2) is 8.32 Å². The second-order valence-corrected chi connectivity index (χ2v) is 15.3. The average Bonchev–Trinajstić information content (AvgIpc) is 2.50. The molecule has 0 aromatic carbocycles. The van der Waals surface area contributed by atoms with Crippen LogP contribution in [0.25, 0.3) is 0 Å². The lowest BCUT2D eigenvalue weighted by atomic mass is 9.83. The number of rotatable bonds is 7. The first-order valence-electron chi connectivity index (χ1n) is 10.5. The molecule has 1 fully saturated rings. The Morgan fingerprint density at radius 3 is 2.15 bits per heavy atom. The van der Waals surface area contributed by atoms with Crippen LogP contribution in [-0.2, 0) is 9.16 Å². The highest BCUT2D eigenvalue weighted by atomic mass is 28.4. The van der Waals surface area contributed by atoms with Crippen molar-refractivity contribution in [2.24, 2.45) is 5.92 Å². The molecule has 1 aliphatic carbocycles. The van der Waals surface area contributed by atoms with Crippen LogP contribution in [0.2, 0.25) is 18.1 Å². The normalized spacial score (nSPS) is 19.3. The number of alkyl carbamates (subject to hydrolysis) is 1. The number of hydrogen-bond donors (Lipinski definition) is 1. The van der Waals surface area contributed by atoms with Gasteiger partial charge in [0.05, 0.1) is 12.1 Å². The molecule has 0 aromatic rings. The van der Waals surface area contributed by atoms with E-state index in [0.29, 0.717) is 5.92 Å². The van der Waals surface area contributed by atoms with E-state index in [1.807, 2.05) is 26.8 Å². The predicted molar refractivity (Wildman–Crippen MR) is 117 cm³/mol. The minimum Gasteiger partial charge on any atom is -0.444 e. The first kappa shape index (κ1) is 24.2. The minimum atomic E-state index is -1.98. The quantitative estimate of drug-likeness (QED) is 0.398. The third-order valence-corrected chi connectivity index (χ3v) is 10.4. The van der Waals surface area contributed by atoms with Gasteiger partial charge in [0.25, 0.3) is 0 Å². The van der Waals surface area contributed by atoms with Gasteiger partial charge in [-0.25, -0.2) is 4.79 Å². The second-order valence-electron chi connectivity index (χ2n) is 10.6. The third-order valence-electron chi connectivity index (χ3n) is 5.88. The number of ether oxygens (including phenoxy) is 1. The van der Waals surface area contributed by atoms with Crippen LogP contribution in [-0.4, -0.2) is 32.2 Å². The molecule has 2 atom stereocenters. The SMILES string of the molecule is C=CC(O[Si](C)(C)C(C)(C)C)C(CC1CCCCC1)NC(=O)OC(C)(C)C. The van der Waals surface area contributed by atoms with E-state index in [4.69, 9.17) is 9.16 Å². The molecule has 0 bridgehead atoms. The number of carbonyl (C=O) groups excluding carboxylic acids is 1. The number of carbonyl (C=O) groups is 1. The Morgan fingerprint density at radius 1 is 1.15 bits per heavy atom. The molecule has 1 amide bonds. The second kappa shape index (κ2) is 9.60. The van der Waals surface area contributed by atoms with Gasteiger partial charge in [0, 0.05) is 0 Å². The van der Waals surface area contributed by atoms with Gasteiger partial charge in [-0.2, -0.15) is 0 Å². The summed E-state index contributed by atoms with van der Waals surface area (Å²) < 4.78 is 12.2. The zero-order valence-electron chi connectivity index (χ0n) is 19.0. The molecule has 5 heteroatoms. The summed E-state index contributed by atoms with van der Waals surface area (Å²) in [5.74, 6) is 0.629. The number of nitrogens with one attached hydrogen (secondary N) is 1. The molecule has 1 saturated carbocycles. The topological polar surface area (TPSA) is 47.6 Å². The maximum Gasteiger partial charge on any atom is 0.407 e. The van der Waals surface area contributed by atoms with Crippen molar-refractivity contribution in [2.45, 2.75) is 116 Å². The molecule has 0 heterocycles.